The predicted octanol–water partition coefficient (Wildman–Crippen LogP) is 2.60. The minimum Gasteiger partial charge on any atom is -0.482 e. The minimum absolute atomic E-state index is 0.0229. The van der Waals surface area contributed by atoms with Crippen LogP contribution in [-0.4, -0.2) is 41.5 Å². The number of amides is 2. The molecule has 1 aliphatic rings. The van der Waals surface area contributed by atoms with Gasteiger partial charge < -0.3 is 25.4 Å². The van der Waals surface area contributed by atoms with Gasteiger partial charge in [-0.2, -0.15) is 0 Å². The van der Waals surface area contributed by atoms with Crippen molar-refractivity contribution in [2.24, 2.45) is 0 Å². The molecule has 4 rings (SSSR count). The second kappa shape index (κ2) is 10.1. The summed E-state index contributed by atoms with van der Waals surface area (Å²) in [7, 11) is 1.34. The van der Waals surface area contributed by atoms with Crippen LogP contribution < -0.4 is 20.7 Å². The number of carbonyl (C=O) groups excluding carboxylic acids is 3. The molecule has 0 saturated heterocycles. The van der Waals surface area contributed by atoms with Crippen molar-refractivity contribution in [3.63, 3.8) is 0 Å². The van der Waals surface area contributed by atoms with Gasteiger partial charge in [-0.3, -0.25) is 9.59 Å². The zero-order valence-electron chi connectivity index (χ0n) is 18.2. The number of hydrogen-bond acceptors (Lipinski definition) is 9. The molecule has 1 aliphatic heterocycles. The Kier molecular flexibility index (Phi) is 6.83. The van der Waals surface area contributed by atoms with Gasteiger partial charge in [0, 0.05) is 17.5 Å². The molecule has 0 bridgehead atoms. The maximum atomic E-state index is 12.5. The SMILES string of the molecule is C=C(NCc1ccc(C(=O)OC)s1)c1cc(NC(=O)Cc2ccc3c(c2)NC(=O)CO3)ncn1. The number of rotatable bonds is 8. The number of carbonyl (C=O) groups is 3. The van der Waals surface area contributed by atoms with Crippen molar-refractivity contribution >= 4 is 46.3 Å². The van der Waals surface area contributed by atoms with Crippen molar-refractivity contribution in [2.45, 2.75) is 13.0 Å². The number of ether oxygens (including phenoxy) is 2. The fraction of sp³-hybridized carbons (Fsp3) is 0.174. The van der Waals surface area contributed by atoms with Gasteiger partial charge in [-0.25, -0.2) is 14.8 Å². The predicted molar refractivity (Wildman–Crippen MR) is 126 cm³/mol. The molecule has 2 aromatic heterocycles. The highest BCUT2D eigenvalue weighted by Gasteiger charge is 2.17. The van der Waals surface area contributed by atoms with Crippen LogP contribution in [0.3, 0.4) is 0 Å². The molecular formula is C23H21N5O5S. The van der Waals surface area contributed by atoms with Crippen molar-refractivity contribution in [3.8, 4) is 5.75 Å². The molecule has 2 amide bonds. The van der Waals surface area contributed by atoms with Crippen LogP contribution >= 0.6 is 11.3 Å². The maximum Gasteiger partial charge on any atom is 0.348 e. The van der Waals surface area contributed by atoms with Crippen molar-refractivity contribution in [1.29, 1.82) is 0 Å². The van der Waals surface area contributed by atoms with Crippen LogP contribution in [0.5, 0.6) is 5.75 Å². The monoisotopic (exact) mass is 479 g/mol. The van der Waals surface area contributed by atoms with E-state index in [1.54, 1.807) is 30.3 Å². The van der Waals surface area contributed by atoms with E-state index in [9.17, 15) is 14.4 Å². The zero-order valence-corrected chi connectivity index (χ0v) is 19.0. The average molecular weight is 480 g/mol. The number of esters is 1. The molecule has 0 fully saturated rings. The van der Waals surface area contributed by atoms with E-state index in [1.165, 1.54) is 24.8 Å². The average Bonchev–Trinajstić information content (AvgIpc) is 3.31. The highest BCUT2D eigenvalue weighted by atomic mass is 32.1. The third-order valence-corrected chi connectivity index (χ3v) is 5.87. The van der Waals surface area contributed by atoms with Crippen molar-refractivity contribution in [1.82, 2.24) is 15.3 Å². The highest BCUT2D eigenvalue weighted by Crippen LogP contribution is 2.28. The van der Waals surface area contributed by atoms with Crippen LogP contribution in [0.4, 0.5) is 11.5 Å². The first-order valence-electron chi connectivity index (χ1n) is 10.2. The number of methoxy groups -OCH3 is 1. The summed E-state index contributed by atoms with van der Waals surface area (Å²) in [5.41, 5.74) is 2.31. The first kappa shape index (κ1) is 22.9. The second-order valence-electron chi connectivity index (χ2n) is 7.27. The largest absolute Gasteiger partial charge is 0.482 e. The van der Waals surface area contributed by atoms with E-state index in [4.69, 9.17) is 9.47 Å². The molecule has 174 valence electrons. The fourth-order valence-corrected chi connectivity index (χ4v) is 4.04. The normalized spacial score (nSPS) is 12.1. The Bertz CT molecular complexity index is 1270. The lowest BCUT2D eigenvalue weighted by Gasteiger charge is -2.18. The van der Waals surface area contributed by atoms with E-state index in [-0.39, 0.29) is 30.8 Å². The number of hydrogen-bond donors (Lipinski definition) is 3. The minimum atomic E-state index is -0.375. The van der Waals surface area contributed by atoms with Crippen molar-refractivity contribution in [3.05, 3.63) is 70.3 Å². The fourth-order valence-electron chi connectivity index (χ4n) is 3.17. The molecule has 3 N–H and O–H groups in total. The maximum absolute atomic E-state index is 12.5. The number of fused-ring (bicyclic) bond motifs is 1. The molecule has 0 radical (unpaired) electrons. The van der Waals surface area contributed by atoms with Gasteiger partial charge in [0.2, 0.25) is 5.91 Å². The number of nitrogens with one attached hydrogen (secondary N) is 3. The lowest BCUT2D eigenvalue weighted by Crippen LogP contribution is -2.25. The first-order chi connectivity index (χ1) is 16.4. The Balaban J connectivity index is 1.34. The van der Waals surface area contributed by atoms with E-state index in [2.05, 4.69) is 32.5 Å². The van der Waals surface area contributed by atoms with Crippen molar-refractivity contribution < 1.29 is 23.9 Å². The van der Waals surface area contributed by atoms with Crippen LogP contribution in [0.1, 0.15) is 25.8 Å². The van der Waals surface area contributed by atoms with Gasteiger partial charge in [0.25, 0.3) is 5.91 Å². The van der Waals surface area contributed by atoms with Gasteiger partial charge in [-0.1, -0.05) is 12.6 Å². The summed E-state index contributed by atoms with van der Waals surface area (Å²) in [5.74, 6) is 0.00949. The van der Waals surface area contributed by atoms with Crippen LogP contribution in [-0.2, 0) is 27.3 Å². The summed E-state index contributed by atoms with van der Waals surface area (Å²) in [5, 5.41) is 8.62. The Morgan fingerprint density at radius 1 is 1.24 bits per heavy atom. The van der Waals surface area contributed by atoms with E-state index in [0.29, 0.717) is 45.6 Å². The Morgan fingerprint density at radius 2 is 2.09 bits per heavy atom. The third-order valence-electron chi connectivity index (χ3n) is 4.81. The van der Waals surface area contributed by atoms with E-state index < -0.39 is 0 Å². The Labute approximate surface area is 199 Å². The molecule has 10 nitrogen and oxygen atoms in total. The molecule has 1 aromatic carbocycles. The molecule has 0 atom stereocenters. The van der Waals surface area contributed by atoms with E-state index in [1.807, 2.05) is 6.07 Å². The topological polar surface area (TPSA) is 132 Å². The molecule has 3 aromatic rings. The van der Waals surface area contributed by atoms with Gasteiger partial charge in [0.1, 0.15) is 22.8 Å². The van der Waals surface area contributed by atoms with Gasteiger partial charge in [0.15, 0.2) is 6.61 Å². The molecule has 0 aliphatic carbocycles. The number of benzene rings is 1. The number of anilines is 2. The van der Waals surface area contributed by atoms with Crippen molar-refractivity contribution in [2.75, 3.05) is 24.4 Å². The standard InChI is InChI=1S/C23H21N5O5S/c1-13(24-10-15-4-6-19(34-15)23(31)32-2)16-9-20(26-12-25-16)28-21(29)8-14-3-5-18-17(7-14)27-22(30)11-33-18/h3-7,9,12,24H,1,8,10-11H2,2H3,(H,27,30)(H,25,26,28,29). The molecular weight excluding hydrogens is 458 g/mol. The highest BCUT2D eigenvalue weighted by molar-refractivity contribution is 7.13. The summed E-state index contributed by atoms with van der Waals surface area (Å²) in [6, 6.07) is 10.3. The van der Waals surface area contributed by atoms with Gasteiger partial charge >= 0.3 is 5.97 Å². The second-order valence-corrected chi connectivity index (χ2v) is 8.44. The van der Waals surface area contributed by atoms with E-state index >= 15 is 0 Å². The van der Waals surface area contributed by atoms with Crippen LogP contribution in [0.25, 0.3) is 5.70 Å². The third kappa shape index (κ3) is 5.56. The molecule has 0 saturated carbocycles. The van der Waals surface area contributed by atoms with E-state index in [0.717, 1.165) is 4.88 Å². The van der Waals surface area contributed by atoms with Gasteiger partial charge in [-0.05, 0) is 29.8 Å². The van der Waals surface area contributed by atoms with Crippen LogP contribution in [0.15, 0.2) is 49.3 Å². The zero-order chi connectivity index (χ0) is 24.1. The molecule has 34 heavy (non-hydrogen) atoms. The summed E-state index contributed by atoms with van der Waals surface area (Å²) < 4.78 is 10.0. The first-order valence-corrected chi connectivity index (χ1v) is 11.0. The Hall–Kier alpha value is -4.25. The van der Waals surface area contributed by atoms with Gasteiger partial charge in [0.05, 0.1) is 30.6 Å². The van der Waals surface area contributed by atoms with Crippen LogP contribution in [0.2, 0.25) is 0 Å². The summed E-state index contributed by atoms with van der Waals surface area (Å²) in [6.07, 6.45) is 1.42. The molecule has 0 spiro atoms. The molecule has 0 unspecified atom stereocenters. The lowest BCUT2D eigenvalue weighted by atomic mass is 10.1. The Morgan fingerprint density at radius 3 is 2.91 bits per heavy atom. The quantitative estimate of drug-likeness (QED) is 0.420. The number of aromatic nitrogens is 2. The number of thiophene rings is 1. The summed E-state index contributed by atoms with van der Waals surface area (Å²) >= 11 is 1.32. The van der Waals surface area contributed by atoms with Crippen LogP contribution in [0, 0.1) is 0 Å². The summed E-state index contributed by atoms with van der Waals surface area (Å²) in [6.45, 7) is 4.41. The summed E-state index contributed by atoms with van der Waals surface area (Å²) in [4.78, 5) is 45.3. The molecule has 11 heteroatoms. The smallest absolute Gasteiger partial charge is 0.348 e. The number of nitrogens with zero attached hydrogens (tertiary/aromatic N) is 2. The lowest BCUT2D eigenvalue weighted by molar-refractivity contribution is -0.118. The molecule has 3 heterocycles. The van der Waals surface area contributed by atoms with Gasteiger partial charge in [-0.15, -0.1) is 11.3 Å².